The Balaban J connectivity index is 1.95. The molecule has 0 saturated carbocycles. The van der Waals surface area contributed by atoms with Gasteiger partial charge in [0, 0.05) is 11.6 Å². The van der Waals surface area contributed by atoms with Gasteiger partial charge in [-0.05, 0) is 18.2 Å². The highest BCUT2D eigenvalue weighted by Crippen LogP contribution is 2.32. The molecule has 0 aliphatic carbocycles. The number of carboxylic acid groups (broad SMARTS) is 1. The largest absolute Gasteiger partial charge is 0.478 e. The predicted octanol–water partition coefficient (Wildman–Crippen LogP) is 4.47. The zero-order valence-electron chi connectivity index (χ0n) is 10.7. The number of fused-ring (bicyclic) bond motifs is 1. The Morgan fingerprint density at radius 3 is 2.86 bits per heavy atom. The van der Waals surface area contributed by atoms with E-state index in [4.69, 9.17) is 16.0 Å². The van der Waals surface area contributed by atoms with Crippen molar-refractivity contribution >= 4 is 40.3 Å². The van der Waals surface area contributed by atoms with E-state index in [1.807, 2.05) is 6.07 Å². The molecule has 0 saturated heterocycles. The average Bonchev–Trinajstić information content (AvgIpc) is 2.85. The van der Waals surface area contributed by atoms with Crippen molar-refractivity contribution < 1.29 is 14.3 Å². The number of benzene rings is 1. The quantitative estimate of drug-likeness (QED) is 0.719. The summed E-state index contributed by atoms with van der Waals surface area (Å²) in [6.07, 6.45) is 1.64. The van der Waals surface area contributed by atoms with Crippen LogP contribution in [-0.2, 0) is 5.75 Å². The van der Waals surface area contributed by atoms with E-state index in [0.717, 1.165) is 0 Å². The number of thioether (sulfide) groups is 1. The normalized spacial score (nSPS) is 10.9. The zero-order valence-corrected chi connectivity index (χ0v) is 12.3. The summed E-state index contributed by atoms with van der Waals surface area (Å²) in [7, 11) is 0. The van der Waals surface area contributed by atoms with Crippen LogP contribution >= 0.6 is 23.4 Å². The van der Waals surface area contributed by atoms with Gasteiger partial charge >= 0.3 is 5.97 Å². The number of para-hydroxylation sites is 1. The summed E-state index contributed by atoms with van der Waals surface area (Å²) in [6, 6.07) is 10.6. The van der Waals surface area contributed by atoms with Crippen LogP contribution in [0, 0.1) is 0 Å². The number of carbonyl (C=O) groups is 1. The van der Waals surface area contributed by atoms with Gasteiger partial charge in [-0.2, -0.15) is 0 Å². The topological polar surface area (TPSA) is 63.3 Å². The number of pyridine rings is 1. The Hall–Kier alpha value is -1.98. The first kappa shape index (κ1) is 14.0. The van der Waals surface area contributed by atoms with Crippen LogP contribution in [0.4, 0.5) is 0 Å². The van der Waals surface area contributed by atoms with Crippen molar-refractivity contribution in [3.8, 4) is 0 Å². The first-order valence-corrected chi connectivity index (χ1v) is 7.50. The smallest absolute Gasteiger partial charge is 0.339 e. The molecule has 3 rings (SSSR count). The molecule has 3 aromatic rings. The molecule has 0 bridgehead atoms. The van der Waals surface area contributed by atoms with E-state index in [2.05, 4.69) is 4.98 Å². The van der Waals surface area contributed by atoms with Crippen molar-refractivity contribution in [3.05, 3.63) is 58.9 Å². The lowest BCUT2D eigenvalue weighted by molar-refractivity contribution is 0.0697. The van der Waals surface area contributed by atoms with E-state index in [0.29, 0.717) is 32.5 Å². The number of hydrogen-bond donors (Lipinski definition) is 1. The molecule has 0 aliphatic rings. The van der Waals surface area contributed by atoms with E-state index >= 15 is 0 Å². The molecule has 2 heterocycles. The van der Waals surface area contributed by atoms with Crippen LogP contribution in [0.25, 0.3) is 11.0 Å². The van der Waals surface area contributed by atoms with Crippen molar-refractivity contribution in [2.75, 3.05) is 0 Å². The fourth-order valence-corrected chi connectivity index (χ4v) is 3.14. The fraction of sp³-hybridized carbons (Fsp3) is 0.0667. The van der Waals surface area contributed by atoms with Gasteiger partial charge in [-0.15, -0.1) is 0 Å². The second kappa shape index (κ2) is 5.79. The monoisotopic (exact) mass is 319 g/mol. The molecule has 2 aromatic heterocycles. The van der Waals surface area contributed by atoms with Crippen LogP contribution in [-0.4, -0.2) is 16.1 Å². The molecule has 0 unspecified atom stereocenters. The molecular formula is C15H10ClNO3S. The molecule has 1 aromatic carbocycles. The van der Waals surface area contributed by atoms with Gasteiger partial charge in [-0.3, -0.25) is 0 Å². The molecule has 6 heteroatoms. The third kappa shape index (κ3) is 2.75. The summed E-state index contributed by atoms with van der Waals surface area (Å²) in [5.41, 5.74) is 0.766. The van der Waals surface area contributed by atoms with Gasteiger partial charge in [-0.1, -0.05) is 41.6 Å². The Morgan fingerprint density at radius 1 is 1.29 bits per heavy atom. The number of furan rings is 1. The first-order valence-electron chi connectivity index (χ1n) is 6.14. The number of hydrogen-bond acceptors (Lipinski definition) is 4. The van der Waals surface area contributed by atoms with Gasteiger partial charge in [0.05, 0.1) is 10.8 Å². The summed E-state index contributed by atoms with van der Waals surface area (Å²) < 4.78 is 5.65. The van der Waals surface area contributed by atoms with E-state index in [1.165, 1.54) is 11.8 Å². The lowest BCUT2D eigenvalue weighted by Gasteiger charge is -2.01. The SMILES string of the molecule is O=C(O)c1c(CSc2ncccc2Cl)oc2ccccc12. The molecule has 0 fully saturated rings. The third-order valence-corrected chi connectivity index (χ3v) is 4.37. The van der Waals surface area contributed by atoms with Crippen LogP contribution in [0.2, 0.25) is 5.02 Å². The highest BCUT2D eigenvalue weighted by molar-refractivity contribution is 7.98. The predicted molar refractivity (Wildman–Crippen MR) is 82.0 cm³/mol. The number of carboxylic acids is 1. The van der Waals surface area contributed by atoms with E-state index < -0.39 is 5.97 Å². The van der Waals surface area contributed by atoms with Crippen molar-refractivity contribution in [1.82, 2.24) is 4.98 Å². The van der Waals surface area contributed by atoms with Crippen LogP contribution in [0.1, 0.15) is 16.1 Å². The first-order chi connectivity index (χ1) is 10.2. The van der Waals surface area contributed by atoms with Crippen LogP contribution in [0.5, 0.6) is 0 Å². The van der Waals surface area contributed by atoms with Gasteiger partial charge < -0.3 is 9.52 Å². The van der Waals surface area contributed by atoms with Gasteiger partial charge in [0.1, 0.15) is 21.9 Å². The van der Waals surface area contributed by atoms with Crippen LogP contribution in [0.15, 0.2) is 52.0 Å². The van der Waals surface area contributed by atoms with E-state index in [1.54, 1.807) is 36.5 Å². The summed E-state index contributed by atoms with van der Waals surface area (Å²) >= 11 is 7.39. The second-order valence-corrected chi connectivity index (χ2v) is 5.65. The second-order valence-electron chi connectivity index (χ2n) is 4.28. The Labute approximate surface area is 129 Å². The molecule has 0 spiro atoms. The lowest BCUT2D eigenvalue weighted by Crippen LogP contribution is -1.98. The molecule has 0 radical (unpaired) electrons. The minimum Gasteiger partial charge on any atom is -0.478 e. The van der Waals surface area contributed by atoms with Gasteiger partial charge in [-0.25, -0.2) is 9.78 Å². The Morgan fingerprint density at radius 2 is 2.10 bits per heavy atom. The van der Waals surface area contributed by atoms with Gasteiger partial charge in [0.15, 0.2) is 0 Å². The summed E-state index contributed by atoms with van der Waals surface area (Å²) in [5, 5.41) is 11.2. The van der Waals surface area contributed by atoms with E-state index in [9.17, 15) is 9.90 Å². The van der Waals surface area contributed by atoms with Crippen LogP contribution in [0.3, 0.4) is 0 Å². The number of halogens is 1. The number of aromatic carboxylic acids is 1. The average molecular weight is 320 g/mol. The molecule has 0 aliphatic heterocycles. The summed E-state index contributed by atoms with van der Waals surface area (Å²) in [6.45, 7) is 0. The number of rotatable bonds is 4. The Bertz CT molecular complexity index is 816. The molecule has 0 amide bonds. The summed E-state index contributed by atoms with van der Waals surface area (Å²) in [4.78, 5) is 15.6. The minimum absolute atomic E-state index is 0.199. The molecule has 4 nitrogen and oxygen atoms in total. The highest BCUT2D eigenvalue weighted by Gasteiger charge is 2.20. The summed E-state index contributed by atoms with van der Waals surface area (Å²) in [5.74, 6) is -0.231. The molecule has 21 heavy (non-hydrogen) atoms. The zero-order chi connectivity index (χ0) is 14.8. The van der Waals surface area contributed by atoms with Crippen LogP contribution < -0.4 is 0 Å². The van der Waals surface area contributed by atoms with Crippen molar-refractivity contribution in [3.63, 3.8) is 0 Å². The molecule has 1 N–H and O–H groups in total. The maximum absolute atomic E-state index is 11.5. The molecular weight excluding hydrogens is 310 g/mol. The van der Waals surface area contributed by atoms with Crippen molar-refractivity contribution in [2.45, 2.75) is 10.8 Å². The molecule has 0 atom stereocenters. The number of aromatic nitrogens is 1. The lowest BCUT2D eigenvalue weighted by atomic mass is 10.1. The third-order valence-electron chi connectivity index (χ3n) is 2.95. The molecule has 106 valence electrons. The van der Waals surface area contributed by atoms with Crippen molar-refractivity contribution in [2.24, 2.45) is 0 Å². The number of nitrogens with zero attached hydrogens (tertiary/aromatic N) is 1. The fourth-order valence-electron chi connectivity index (χ4n) is 2.04. The maximum Gasteiger partial charge on any atom is 0.339 e. The maximum atomic E-state index is 11.5. The van der Waals surface area contributed by atoms with Gasteiger partial charge in [0.25, 0.3) is 0 Å². The Kier molecular flexibility index (Phi) is 3.86. The van der Waals surface area contributed by atoms with Crippen molar-refractivity contribution in [1.29, 1.82) is 0 Å². The van der Waals surface area contributed by atoms with Gasteiger partial charge in [0.2, 0.25) is 0 Å². The standard InChI is InChI=1S/C15H10ClNO3S/c16-10-5-3-7-17-14(10)21-8-12-13(15(18)19)9-4-1-2-6-11(9)20-12/h1-7H,8H2,(H,18,19). The minimum atomic E-state index is -0.998. The highest BCUT2D eigenvalue weighted by atomic mass is 35.5. The van der Waals surface area contributed by atoms with E-state index in [-0.39, 0.29) is 5.56 Å².